The standard InChI is InChI=1S/C7H13/c1-3-5-7-6-4-2/h3,5H,1,4,6-7H2,2H3/b5-3+. The van der Waals surface area contributed by atoms with Gasteiger partial charge in [0, 0.05) is 0 Å². The van der Waals surface area contributed by atoms with Gasteiger partial charge >= 0.3 is 0 Å². The number of allylic oxidation sites excluding steroid dienone is 2. The van der Waals surface area contributed by atoms with Gasteiger partial charge in [0.1, 0.15) is 0 Å². The van der Waals surface area contributed by atoms with Crippen molar-refractivity contribution in [3.8, 4) is 0 Å². The van der Waals surface area contributed by atoms with Crippen molar-refractivity contribution in [1.29, 1.82) is 0 Å². The Morgan fingerprint density at radius 2 is 2.29 bits per heavy atom. The molecule has 0 saturated heterocycles. The summed E-state index contributed by atoms with van der Waals surface area (Å²) in [5, 5.41) is 0. The molecule has 0 saturated carbocycles. The van der Waals surface area contributed by atoms with Crippen LogP contribution in [0.25, 0.3) is 0 Å². The number of hydrogen-bond acceptors (Lipinski definition) is 0. The van der Waals surface area contributed by atoms with Crippen molar-refractivity contribution in [2.24, 2.45) is 0 Å². The van der Waals surface area contributed by atoms with Gasteiger partial charge in [-0.2, -0.15) is 0 Å². The molecule has 0 aromatic carbocycles. The van der Waals surface area contributed by atoms with Crippen LogP contribution in [-0.4, -0.2) is 0 Å². The molecule has 0 heterocycles. The molecule has 0 N–H and O–H groups in total. The highest BCUT2D eigenvalue weighted by Crippen LogP contribution is 1.93. The lowest BCUT2D eigenvalue weighted by atomic mass is 10.2. The van der Waals surface area contributed by atoms with Crippen LogP contribution >= 0.6 is 0 Å². The predicted molar refractivity (Wildman–Crippen MR) is 34.0 cm³/mol. The maximum Gasteiger partial charge on any atom is -0.0316 e. The maximum absolute atomic E-state index is 3.58. The normalized spacial score (nSPS) is 10.6. The molecule has 0 aliphatic rings. The average Bonchev–Trinajstić information content (AvgIpc) is 1.69. The molecule has 0 nitrogen and oxygen atoms in total. The van der Waals surface area contributed by atoms with E-state index in [1.165, 1.54) is 19.3 Å². The predicted octanol–water partition coefficient (Wildman–Crippen LogP) is 2.57. The quantitative estimate of drug-likeness (QED) is 0.475. The van der Waals surface area contributed by atoms with Crippen LogP contribution in [0, 0.1) is 6.92 Å². The zero-order chi connectivity index (χ0) is 5.54. The Morgan fingerprint density at radius 1 is 1.57 bits per heavy atom. The SMILES string of the molecule is [CH2]/C=C/CCCC. The first-order valence-corrected chi connectivity index (χ1v) is 2.86. The zero-order valence-electron chi connectivity index (χ0n) is 4.98. The molecule has 1 radical (unpaired) electrons. The Kier molecular flexibility index (Phi) is 5.53. The summed E-state index contributed by atoms with van der Waals surface area (Å²) >= 11 is 0. The van der Waals surface area contributed by atoms with Gasteiger partial charge in [0.15, 0.2) is 0 Å². The van der Waals surface area contributed by atoms with E-state index in [0.717, 1.165) is 0 Å². The summed E-state index contributed by atoms with van der Waals surface area (Å²) in [6.45, 7) is 5.77. The van der Waals surface area contributed by atoms with E-state index in [2.05, 4.69) is 19.9 Å². The van der Waals surface area contributed by atoms with E-state index in [4.69, 9.17) is 0 Å². The lowest BCUT2D eigenvalue weighted by Crippen LogP contribution is -1.63. The molecule has 0 unspecified atom stereocenters. The number of rotatable bonds is 3. The highest BCUT2D eigenvalue weighted by Gasteiger charge is 1.73. The molecule has 0 aliphatic heterocycles. The van der Waals surface area contributed by atoms with Crippen molar-refractivity contribution in [1.82, 2.24) is 0 Å². The third-order valence-electron chi connectivity index (χ3n) is 0.891. The van der Waals surface area contributed by atoms with Crippen LogP contribution in [0.1, 0.15) is 26.2 Å². The number of hydrogen-bond donors (Lipinski definition) is 0. The second-order valence-electron chi connectivity index (χ2n) is 1.61. The minimum absolute atomic E-state index is 1.19. The highest BCUT2D eigenvalue weighted by molar-refractivity contribution is 4.82. The molecule has 0 aliphatic carbocycles. The largest absolute Gasteiger partial charge is 0.0885 e. The lowest BCUT2D eigenvalue weighted by Gasteiger charge is -1.83. The van der Waals surface area contributed by atoms with Gasteiger partial charge in [0.05, 0.1) is 0 Å². The minimum atomic E-state index is 1.19. The van der Waals surface area contributed by atoms with Crippen molar-refractivity contribution in [2.45, 2.75) is 26.2 Å². The Labute approximate surface area is 46.2 Å². The van der Waals surface area contributed by atoms with Crippen molar-refractivity contribution in [3.63, 3.8) is 0 Å². The van der Waals surface area contributed by atoms with E-state index in [0.29, 0.717) is 0 Å². The summed E-state index contributed by atoms with van der Waals surface area (Å²) in [5.74, 6) is 0. The monoisotopic (exact) mass is 97.1 g/mol. The van der Waals surface area contributed by atoms with Crippen molar-refractivity contribution >= 4 is 0 Å². The zero-order valence-corrected chi connectivity index (χ0v) is 4.98. The van der Waals surface area contributed by atoms with E-state index in [1.54, 1.807) is 0 Å². The van der Waals surface area contributed by atoms with E-state index < -0.39 is 0 Å². The van der Waals surface area contributed by atoms with Gasteiger partial charge in [-0.25, -0.2) is 0 Å². The van der Waals surface area contributed by atoms with Crippen LogP contribution in [0.3, 0.4) is 0 Å². The average molecular weight is 97.2 g/mol. The van der Waals surface area contributed by atoms with Gasteiger partial charge < -0.3 is 0 Å². The summed E-state index contributed by atoms with van der Waals surface area (Å²) in [6.07, 6.45) is 7.73. The van der Waals surface area contributed by atoms with E-state index in [-0.39, 0.29) is 0 Å². The van der Waals surface area contributed by atoms with Crippen LogP contribution in [0.2, 0.25) is 0 Å². The smallest absolute Gasteiger partial charge is 0.0316 e. The molecule has 0 spiro atoms. The molecule has 0 aromatic rings. The Bertz CT molecular complexity index is 44.0. The van der Waals surface area contributed by atoms with E-state index in [1.807, 2.05) is 6.08 Å². The molecule has 7 heavy (non-hydrogen) atoms. The topological polar surface area (TPSA) is 0 Å². The lowest BCUT2D eigenvalue weighted by molar-refractivity contribution is 0.815. The fraction of sp³-hybridized carbons (Fsp3) is 0.571. The molecule has 41 valence electrons. The number of unbranched alkanes of at least 4 members (excludes halogenated alkanes) is 2. The maximum atomic E-state index is 3.58. The van der Waals surface area contributed by atoms with Crippen molar-refractivity contribution < 1.29 is 0 Å². The minimum Gasteiger partial charge on any atom is -0.0885 e. The van der Waals surface area contributed by atoms with Crippen LogP contribution in [0.15, 0.2) is 12.2 Å². The van der Waals surface area contributed by atoms with Gasteiger partial charge in [0.25, 0.3) is 0 Å². The van der Waals surface area contributed by atoms with Crippen LogP contribution in [0.5, 0.6) is 0 Å². The Balaban J connectivity index is 2.69. The van der Waals surface area contributed by atoms with Gasteiger partial charge in [-0.3, -0.25) is 0 Å². The van der Waals surface area contributed by atoms with E-state index >= 15 is 0 Å². The third kappa shape index (κ3) is 5.74. The van der Waals surface area contributed by atoms with Crippen molar-refractivity contribution in [3.05, 3.63) is 19.1 Å². The van der Waals surface area contributed by atoms with E-state index in [9.17, 15) is 0 Å². The summed E-state index contributed by atoms with van der Waals surface area (Å²) in [6, 6.07) is 0. The van der Waals surface area contributed by atoms with Gasteiger partial charge in [0.2, 0.25) is 0 Å². The second kappa shape index (κ2) is 5.74. The first-order chi connectivity index (χ1) is 3.41. The van der Waals surface area contributed by atoms with Crippen LogP contribution in [-0.2, 0) is 0 Å². The molecule has 0 amide bonds. The summed E-state index contributed by atoms with van der Waals surface area (Å²) < 4.78 is 0. The second-order valence-corrected chi connectivity index (χ2v) is 1.61. The Hall–Kier alpha value is -0.260. The molecule has 0 aromatic heterocycles. The van der Waals surface area contributed by atoms with Gasteiger partial charge in [-0.05, 0) is 13.3 Å². The van der Waals surface area contributed by atoms with Crippen molar-refractivity contribution in [2.75, 3.05) is 0 Å². The fourth-order valence-corrected chi connectivity index (χ4v) is 0.440. The third-order valence-corrected chi connectivity index (χ3v) is 0.891. The first-order valence-electron chi connectivity index (χ1n) is 2.86. The summed E-state index contributed by atoms with van der Waals surface area (Å²) in [5.41, 5.74) is 0. The Morgan fingerprint density at radius 3 is 2.71 bits per heavy atom. The van der Waals surface area contributed by atoms with Crippen LogP contribution < -0.4 is 0 Å². The first kappa shape index (κ1) is 6.74. The molecule has 0 heteroatoms. The molecule has 0 atom stereocenters. The fourth-order valence-electron chi connectivity index (χ4n) is 0.440. The highest BCUT2D eigenvalue weighted by atomic mass is 13.8. The summed E-state index contributed by atoms with van der Waals surface area (Å²) in [7, 11) is 0. The van der Waals surface area contributed by atoms with Crippen LogP contribution in [0.4, 0.5) is 0 Å². The molecular formula is C7H13. The molecular weight excluding hydrogens is 84.1 g/mol. The summed E-state index contributed by atoms with van der Waals surface area (Å²) in [4.78, 5) is 0. The molecule has 0 bridgehead atoms. The molecule has 0 rings (SSSR count). The van der Waals surface area contributed by atoms with Gasteiger partial charge in [-0.15, -0.1) is 0 Å². The molecule has 0 fully saturated rings. The van der Waals surface area contributed by atoms with Gasteiger partial charge in [-0.1, -0.05) is 31.9 Å².